The first-order chi connectivity index (χ1) is 14.3. The Kier molecular flexibility index (Phi) is 6.44. The molecular formula is C22H21F3N2O3. The molecule has 2 aromatic rings. The van der Waals surface area contributed by atoms with Crippen LogP contribution < -0.4 is 5.32 Å². The van der Waals surface area contributed by atoms with E-state index in [9.17, 15) is 22.8 Å². The Morgan fingerprint density at radius 1 is 1.03 bits per heavy atom. The van der Waals surface area contributed by atoms with E-state index in [1.165, 1.54) is 6.92 Å². The zero-order chi connectivity index (χ0) is 21.7. The fourth-order valence-electron chi connectivity index (χ4n) is 3.33. The number of carbonyl (C=O) groups excluding carboxylic acids is 2. The van der Waals surface area contributed by atoms with Gasteiger partial charge in [-0.05, 0) is 18.1 Å². The van der Waals surface area contributed by atoms with Crippen LogP contribution >= 0.6 is 0 Å². The summed E-state index contributed by atoms with van der Waals surface area (Å²) in [6.07, 6.45) is -4.84. The van der Waals surface area contributed by atoms with E-state index in [0.29, 0.717) is 10.5 Å². The summed E-state index contributed by atoms with van der Waals surface area (Å²) in [7, 11) is 0. The van der Waals surface area contributed by atoms with Crippen molar-refractivity contribution in [3.05, 3.63) is 83.1 Å². The number of benzene rings is 2. The van der Waals surface area contributed by atoms with Gasteiger partial charge in [0.05, 0.1) is 12.2 Å². The van der Waals surface area contributed by atoms with Crippen molar-refractivity contribution >= 4 is 11.9 Å². The monoisotopic (exact) mass is 418 g/mol. The van der Waals surface area contributed by atoms with E-state index in [1.807, 2.05) is 0 Å². The second-order valence-electron chi connectivity index (χ2n) is 6.71. The molecule has 1 N–H and O–H groups in total. The van der Waals surface area contributed by atoms with Crippen LogP contribution in [0.25, 0.3) is 0 Å². The van der Waals surface area contributed by atoms with Gasteiger partial charge in [0.25, 0.3) is 5.91 Å². The molecule has 0 saturated heterocycles. The van der Waals surface area contributed by atoms with Crippen LogP contribution in [0.4, 0.5) is 13.2 Å². The van der Waals surface area contributed by atoms with E-state index < -0.39 is 29.7 Å². The number of nitrogens with zero attached hydrogens (tertiary/aromatic N) is 1. The van der Waals surface area contributed by atoms with Crippen LogP contribution in [0.2, 0.25) is 0 Å². The first kappa shape index (κ1) is 21.4. The van der Waals surface area contributed by atoms with Gasteiger partial charge in [-0.2, -0.15) is 13.2 Å². The molecule has 2 aromatic carbocycles. The third-order valence-electron chi connectivity index (χ3n) is 4.64. The minimum absolute atomic E-state index is 0.0918. The normalized spacial score (nSPS) is 16.7. The number of hydrogen-bond acceptors (Lipinski definition) is 4. The zero-order valence-corrected chi connectivity index (χ0v) is 16.3. The molecule has 1 aliphatic heterocycles. The van der Waals surface area contributed by atoms with E-state index in [-0.39, 0.29) is 25.4 Å². The van der Waals surface area contributed by atoms with Gasteiger partial charge in [0.1, 0.15) is 5.70 Å². The lowest BCUT2D eigenvalue weighted by molar-refractivity contribution is -0.180. The van der Waals surface area contributed by atoms with Gasteiger partial charge in [0.2, 0.25) is 0 Å². The van der Waals surface area contributed by atoms with Gasteiger partial charge in [0.15, 0.2) is 6.04 Å². The highest BCUT2D eigenvalue weighted by Gasteiger charge is 2.56. The maximum absolute atomic E-state index is 14.0. The molecule has 0 aromatic heterocycles. The van der Waals surface area contributed by atoms with Crippen molar-refractivity contribution in [1.82, 2.24) is 10.2 Å². The summed E-state index contributed by atoms with van der Waals surface area (Å²) in [5.74, 6) is -2.04. The molecule has 1 atom stereocenters. The topological polar surface area (TPSA) is 58.6 Å². The molecular weight excluding hydrogens is 397 g/mol. The van der Waals surface area contributed by atoms with Gasteiger partial charge in [-0.3, -0.25) is 4.79 Å². The number of hydrogen-bond donors (Lipinski definition) is 1. The number of ether oxygens (including phenoxy) is 1. The molecule has 1 heterocycles. The molecule has 3 rings (SSSR count). The lowest BCUT2D eigenvalue weighted by Gasteiger charge is -2.28. The van der Waals surface area contributed by atoms with Gasteiger partial charge >= 0.3 is 12.1 Å². The van der Waals surface area contributed by atoms with Gasteiger partial charge < -0.3 is 15.0 Å². The van der Waals surface area contributed by atoms with Crippen molar-refractivity contribution in [3.63, 3.8) is 0 Å². The number of alkyl halides is 3. The Balaban J connectivity index is 1.99. The molecule has 30 heavy (non-hydrogen) atoms. The van der Waals surface area contributed by atoms with Crippen LogP contribution in [0, 0.1) is 0 Å². The molecule has 0 saturated carbocycles. The molecule has 8 heteroatoms. The van der Waals surface area contributed by atoms with Gasteiger partial charge in [-0.15, -0.1) is 0 Å². The third kappa shape index (κ3) is 4.64. The van der Waals surface area contributed by atoms with Crippen LogP contribution in [-0.2, 0) is 27.4 Å². The van der Waals surface area contributed by atoms with E-state index in [0.717, 1.165) is 5.56 Å². The highest BCUT2D eigenvalue weighted by Crippen LogP contribution is 2.38. The predicted molar refractivity (Wildman–Crippen MR) is 104 cm³/mol. The number of esters is 1. The SMILES string of the molecule is CCOC(=O)C1=C(NCc2ccccc2)C(=O)N(Cc2ccccc2)C1C(F)(F)F. The molecule has 0 aliphatic carbocycles. The van der Waals surface area contributed by atoms with Crippen molar-refractivity contribution in [2.45, 2.75) is 32.2 Å². The summed E-state index contributed by atoms with van der Waals surface area (Å²) in [4.78, 5) is 26.1. The minimum atomic E-state index is -4.84. The Labute approximate surface area is 172 Å². The van der Waals surface area contributed by atoms with E-state index >= 15 is 0 Å². The van der Waals surface area contributed by atoms with E-state index in [4.69, 9.17) is 4.74 Å². The minimum Gasteiger partial charge on any atom is -0.463 e. The third-order valence-corrected chi connectivity index (χ3v) is 4.64. The van der Waals surface area contributed by atoms with Crippen molar-refractivity contribution in [1.29, 1.82) is 0 Å². The van der Waals surface area contributed by atoms with Gasteiger partial charge in [0, 0.05) is 13.1 Å². The summed E-state index contributed by atoms with van der Waals surface area (Å²) in [5.41, 5.74) is 0.190. The molecule has 1 amide bonds. The molecule has 0 fully saturated rings. The van der Waals surface area contributed by atoms with Crippen LogP contribution in [0.1, 0.15) is 18.1 Å². The molecule has 0 spiro atoms. The highest BCUT2D eigenvalue weighted by molar-refractivity contribution is 6.07. The van der Waals surface area contributed by atoms with Crippen molar-refractivity contribution in [2.24, 2.45) is 0 Å². The fraction of sp³-hybridized carbons (Fsp3) is 0.273. The molecule has 158 valence electrons. The quantitative estimate of drug-likeness (QED) is 0.699. The van der Waals surface area contributed by atoms with Crippen LogP contribution in [-0.4, -0.2) is 35.6 Å². The first-order valence-electron chi connectivity index (χ1n) is 9.43. The Morgan fingerprint density at radius 2 is 1.60 bits per heavy atom. The second kappa shape index (κ2) is 9.02. The highest BCUT2D eigenvalue weighted by atomic mass is 19.4. The van der Waals surface area contributed by atoms with Gasteiger partial charge in [-0.25, -0.2) is 4.79 Å². The molecule has 1 unspecified atom stereocenters. The zero-order valence-electron chi connectivity index (χ0n) is 16.3. The average molecular weight is 418 g/mol. The number of nitrogens with one attached hydrogen (secondary N) is 1. The lowest BCUT2D eigenvalue weighted by atomic mass is 10.1. The predicted octanol–water partition coefficient (Wildman–Crippen LogP) is 3.57. The van der Waals surface area contributed by atoms with Crippen LogP contribution in [0.5, 0.6) is 0 Å². The van der Waals surface area contributed by atoms with Crippen molar-refractivity contribution in [2.75, 3.05) is 6.61 Å². The smallest absolute Gasteiger partial charge is 0.413 e. The Bertz CT molecular complexity index is 928. The first-order valence-corrected chi connectivity index (χ1v) is 9.43. The van der Waals surface area contributed by atoms with Gasteiger partial charge in [-0.1, -0.05) is 60.7 Å². The average Bonchev–Trinajstić information content (AvgIpc) is 3.00. The largest absolute Gasteiger partial charge is 0.463 e. The fourth-order valence-corrected chi connectivity index (χ4v) is 3.33. The summed E-state index contributed by atoms with van der Waals surface area (Å²) in [6, 6.07) is 14.8. The Hall–Kier alpha value is -3.29. The van der Waals surface area contributed by atoms with Crippen molar-refractivity contribution < 1.29 is 27.5 Å². The van der Waals surface area contributed by atoms with E-state index in [2.05, 4.69) is 5.32 Å². The molecule has 0 bridgehead atoms. The summed E-state index contributed by atoms with van der Waals surface area (Å²) >= 11 is 0. The van der Waals surface area contributed by atoms with Crippen molar-refractivity contribution in [3.8, 4) is 0 Å². The number of carbonyl (C=O) groups is 2. The second-order valence-corrected chi connectivity index (χ2v) is 6.71. The summed E-state index contributed by atoms with van der Waals surface area (Å²) in [6.45, 7) is 1.19. The number of rotatable bonds is 7. The van der Waals surface area contributed by atoms with E-state index in [1.54, 1.807) is 60.7 Å². The van der Waals surface area contributed by atoms with Crippen LogP contribution in [0.3, 0.4) is 0 Å². The maximum Gasteiger partial charge on any atom is 0.413 e. The Morgan fingerprint density at radius 3 is 2.13 bits per heavy atom. The summed E-state index contributed by atoms with van der Waals surface area (Å²) in [5, 5.41) is 2.74. The number of amides is 1. The number of halogens is 3. The molecule has 0 radical (unpaired) electrons. The lowest BCUT2D eigenvalue weighted by Crippen LogP contribution is -2.46. The maximum atomic E-state index is 14.0. The summed E-state index contributed by atoms with van der Waals surface area (Å²) < 4.78 is 46.9. The molecule has 5 nitrogen and oxygen atoms in total. The standard InChI is InChI=1S/C22H21F3N2O3/c1-2-30-21(29)17-18(26-13-15-9-5-3-6-10-15)20(28)27(19(17)22(23,24)25)14-16-11-7-4-8-12-16/h3-12,19,26H,2,13-14H2,1H3. The molecule has 1 aliphatic rings. The van der Waals surface area contributed by atoms with Crippen LogP contribution in [0.15, 0.2) is 71.9 Å².